The Bertz CT molecular complexity index is 703. The van der Waals surface area contributed by atoms with Gasteiger partial charge in [0, 0.05) is 4.47 Å². The van der Waals surface area contributed by atoms with Crippen molar-refractivity contribution < 1.29 is 4.39 Å². The predicted molar refractivity (Wildman–Crippen MR) is 97.8 cm³/mol. The molecule has 116 valence electrons. The van der Waals surface area contributed by atoms with E-state index in [2.05, 4.69) is 58.6 Å². The maximum atomic E-state index is 13.8. The topological polar surface area (TPSA) is 24.1 Å². The molecule has 22 heavy (non-hydrogen) atoms. The number of hydrogen-bond acceptors (Lipinski definition) is 1. The minimum Gasteiger partial charge on any atom is -0.356 e. The van der Waals surface area contributed by atoms with E-state index in [0.717, 1.165) is 0 Å². The Hall–Kier alpha value is -1.46. The Morgan fingerprint density at radius 3 is 2.55 bits per heavy atom. The number of nitrogens with one attached hydrogen (secondary N) is 2. The van der Waals surface area contributed by atoms with Crippen molar-refractivity contribution in [1.29, 1.82) is 0 Å². The number of rotatable bonds is 3. The number of halogens is 2. The lowest BCUT2D eigenvalue weighted by Crippen LogP contribution is -2.31. The molecule has 0 spiro atoms. The first-order chi connectivity index (χ1) is 10.4. The second kappa shape index (κ2) is 7.20. The minimum absolute atomic E-state index is 0.0408. The van der Waals surface area contributed by atoms with Gasteiger partial charge in [-0.2, -0.15) is 0 Å². The van der Waals surface area contributed by atoms with Gasteiger partial charge in [0.05, 0.1) is 11.7 Å². The molecule has 5 heteroatoms. The monoisotopic (exact) mass is 380 g/mol. The van der Waals surface area contributed by atoms with Crippen LogP contribution in [0.15, 0.2) is 40.9 Å². The van der Waals surface area contributed by atoms with Crippen molar-refractivity contribution in [3.63, 3.8) is 0 Å². The van der Waals surface area contributed by atoms with Gasteiger partial charge in [-0.3, -0.25) is 0 Å². The molecule has 1 atom stereocenters. The first-order valence-corrected chi connectivity index (χ1v) is 8.16. The molecule has 0 aliphatic heterocycles. The Kier molecular flexibility index (Phi) is 5.53. The SMILES string of the molecule is Cc1ccc([C@@H](C)NC(=S)Nc2ccc(Br)cc2F)c(C)c1. The number of hydrogen-bond donors (Lipinski definition) is 2. The molecule has 0 fully saturated rings. The largest absolute Gasteiger partial charge is 0.356 e. The molecule has 2 rings (SSSR count). The minimum atomic E-state index is -0.349. The first-order valence-electron chi connectivity index (χ1n) is 6.96. The van der Waals surface area contributed by atoms with Gasteiger partial charge in [-0.15, -0.1) is 0 Å². The molecule has 0 amide bonds. The van der Waals surface area contributed by atoms with Gasteiger partial charge in [0.15, 0.2) is 5.11 Å². The van der Waals surface area contributed by atoms with Crippen LogP contribution in [0.4, 0.5) is 10.1 Å². The molecule has 0 bridgehead atoms. The van der Waals surface area contributed by atoms with Gasteiger partial charge in [0.25, 0.3) is 0 Å². The number of aryl methyl sites for hydroxylation is 2. The summed E-state index contributed by atoms with van der Waals surface area (Å²) in [5, 5.41) is 6.48. The first kappa shape index (κ1) is 16.9. The van der Waals surface area contributed by atoms with Crippen LogP contribution in [0.5, 0.6) is 0 Å². The Morgan fingerprint density at radius 2 is 1.91 bits per heavy atom. The van der Waals surface area contributed by atoms with Crippen LogP contribution in [0, 0.1) is 19.7 Å². The maximum absolute atomic E-state index is 13.8. The molecular weight excluding hydrogens is 363 g/mol. The highest BCUT2D eigenvalue weighted by atomic mass is 79.9. The number of benzene rings is 2. The van der Waals surface area contributed by atoms with Crippen LogP contribution < -0.4 is 10.6 Å². The third kappa shape index (κ3) is 4.27. The highest BCUT2D eigenvalue weighted by molar-refractivity contribution is 9.10. The molecule has 2 aromatic rings. The van der Waals surface area contributed by atoms with E-state index in [0.29, 0.717) is 15.3 Å². The van der Waals surface area contributed by atoms with Crippen molar-refractivity contribution in [1.82, 2.24) is 5.32 Å². The Balaban J connectivity index is 2.05. The van der Waals surface area contributed by atoms with Gasteiger partial charge in [-0.25, -0.2) is 4.39 Å². The zero-order valence-corrected chi connectivity index (χ0v) is 15.1. The van der Waals surface area contributed by atoms with Crippen LogP contribution in [0.2, 0.25) is 0 Å². The zero-order chi connectivity index (χ0) is 16.3. The second-order valence-corrected chi connectivity index (χ2v) is 6.63. The van der Waals surface area contributed by atoms with Gasteiger partial charge < -0.3 is 10.6 Å². The van der Waals surface area contributed by atoms with Crippen LogP contribution in [-0.2, 0) is 0 Å². The molecule has 0 saturated heterocycles. The highest BCUT2D eigenvalue weighted by Crippen LogP contribution is 2.21. The summed E-state index contributed by atoms with van der Waals surface area (Å²) in [5.41, 5.74) is 3.96. The standard InChI is InChI=1S/C17H18BrFN2S/c1-10-4-6-14(11(2)8-10)12(3)20-17(22)21-16-7-5-13(18)9-15(16)19/h4-9,12H,1-3H3,(H2,20,21,22)/t12-/m1/s1. The Labute approximate surface area is 144 Å². The molecule has 0 aromatic heterocycles. The van der Waals surface area contributed by atoms with Crippen molar-refractivity contribution in [2.75, 3.05) is 5.32 Å². The summed E-state index contributed by atoms with van der Waals surface area (Å²) in [6.07, 6.45) is 0. The summed E-state index contributed by atoms with van der Waals surface area (Å²) in [6.45, 7) is 6.17. The summed E-state index contributed by atoms with van der Waals surface area (Å²) < 4.78 is 14.5. The molecule has 2 N–H and O–H groups in total. The van der Waals surface area contributed by atoms with E-state index in [4.69, 9.17) is 12.2 Å². The normalized spacial score (nSPS) is 11.9. The third-order valence-electron chi connectivity index (χ3n) is 3.42. The lowest BCUT2D eigenvalue weighted by atomic mass is 10.0. The van der Waals surface area contributed by atoms with E-state index in [9.17, 15) is 4.39 Å². The van der Waals surface area contributed by atoms with Gasteiger partial charge in [0.1, 0.15) is 5.82 Å². The number of anilines is 1. The summed E-state index contributed by atoms with van der Waals surface area (Å²) in [5.74, 6) is -0.349. The molecule has 0 heterocycles. The molecule has 2 aromatic carbocycles. The maximum Gasteiger partial charge on any atom is 0.171 e. The average molecular weight is 381 g/mol. The summed E-state index contributed by atoms with van der Waals surface area (Å²) in [4.78, 5) is 0. The van der Waals surface area contributed by atoms with Crippen LogP contribution >= 0.6 is 28.1 Å². The van der Waals surface area contributed by atoms with Crippen LogP contribution in [0.1, 0.15) is 29.7 Å². The third-order valence-corrected chi connectivity index (χ3v) is 4.13. The highest BCUT2D eigenvalue weighted by Gasteiger charge is 2.11. The molecule has 0 unspecified atom stereocenters. The zero-order valence-electron chi connectivity index (χ0n) is 12.7. The second-order valence-electron chi connectivity index (χ2n) is 5.30. The molecule has 2 nitrogen and oxygen atoms in total. The van der Waals surface area contributed by atoms with Crippen molar-refractivity contribution >= 4 is 38.9 Å². The lowest BCUT2D eigenvalue weighted by molar-refractivity contribution is 0.630. The number of thiocarbonyl (C=S) groups is 1. The van der Waals surface area contributed by atoms with E-state index in [1.807, 2.05) is 6.92 Å². The van der Waals surface area contributed by atoms with E-state index >= 15 is 0 Å². The van der Waals surface area contributed by atoms with Gasteiger partial charge in [-0.1, -0.05) is 39.7 Å². The molecular formula is C17H18BrFN2S. The van der Waals surface area contributed by atoms with Crippen molar-refractivity contribution in [3.05, 3.63) is 63.4 Å². The summed E-state index contributed by atoms with van der Waals surface area (Å²) >= 11 is 8.50. The van der Waals surface area contributed by atoms with Crippen molar-refractivity contribution in [2.24, 2.45) is 0 Å². The van der Waals surface area contributed by atoms with Crippen molar-refractivity contribution in [2.45, 2.75) is 26.8 Å². The molecule has 0 aliphatic carbocycles. The fourth-order valence-electron chi connectivity index (χ4n) is 2.34. The Morgan fingerprint density at radius 1 is 1.18 bits per heavy atom. The van der Waals surface area contributed by atoms with E-state index < -0.39 is 0 Å². The van der Waals surface area contributed by atoms with Gasteiger partial charge >= 0.3 is 0 Å². The predicted octanol–water partition coefficient (Wildman–Crippen LogP) is 5.25. The quantitative estimate of drug-likeness (QED) is 0.710. The fraction of sp³-hybridized carbons (Fsp3) is 0.235. The lowest BCUT2D eigenvalue weighted by Gasteiger charge is -2.19. The molecule has 0 aliphatic rings. The molecule has 0 radical (unpaired) electrons. The smallest absolute Gasteiger partial charge is 0.171 e. The van der Waals surface area contributed by atoms with E-state index in [1.54, 1.807) is 12.1 Å². The van der Waals surface area contributed by atoms with Gasteiger partial charge in [0.2, 0.25) is 0 Å². The van der Waals surface area contributed by atoms with E-state index in [-0.39, 0.29) is 11.9 Å². The molecule has 0 saturated carbocycles. The van der Waals surface area contributed by atoms with Crippen LogP contribution in [-0.4, -0.2) is 5.11 Å². The van der Waals surface area contributed by atoms with Crippen LogP contribution in [0.3, 0.4) is 0 Å². The fourth-order valence-corrected chi connectivity index (χ4v) is 2.95. The van der Waals surface area contributed by atoms with E-state index in [1.165, 1.54) is 22.8 Å². The van der Waals surface area contributed by atoms with Gasteiger partial charge in [-0.05, 0) is 62.3 Å². The van der Waals surface area contributed by atoms with Crippen LogP contribution in [0.25, 0.3) is 0 Å². The average Bonchev–Trinajstić information content (AvgIpc) is 2.41. The summed E-state index contributed by atoms with van der Waals surface area (Å²) in [7, 11) is 0. The van der Waals surface area contributed by atoms with Crippen molar-refractivity contribution in [3.8, 4) is 0 Å². The summed E-state index contributed by atoms with van der Waals surface area (Å²) in [6, 6.07) is 11.2.